The molecule has 4 aromatic carbocycles. The van der Waals surface area contributed by atoms with Crippen LogP contribution in [-0.4, -0.2) is 68.6 Å². The van der Waals surface area contributed by atoms with Crippen LogP contribution < -0.4 is 9.47 Å². The summed E-state index contributed by atoms with van der Waals surface area (Å²) in [5.74, 6) is 1.53. The van der Waals surface area contributed by atoms with E-state index in [9.17, 15) is 4.79 Å². The molecule has 3 heterocycles. The SMILES string of the molecule is COc1cc(C(=O)c2c(-c3ccc(CCN4CCCC4)cc3)sc3cc(OCc4ccccc4)ccc23)ccc1CN1CCOCC1. The van der Waals surface area contributed by atoms with E-state index in [1.165, 1.54) is 31.5 Å². The van der Waals surface area contributed by atoms with Gasteiger partial charge in [-0.05, 0) is 73.3 Å². The second-order valence-corrected chi connectivity index (χ2v) is 13.5. The first kappa shape index (κ1) is 31.6. The predicted octanol–water partition coefficient (Wildman–Crippen LogP) is 7.86. The molecule has 0 spiro atoms. The summed E-state index contributed by atoms with van der Waals surface area (Å²) in [6.07, 6.45) is 3.66. The van der Waals surface area contributed by atoms with Crippen LogP contribution >= 0.6 is 11.3 Å². The maximum Gasteiger partial charge on any atom is 0.195 e. The average Bonchev–Trinajstić information content (AvgIpc) is 3.79. The number of ketones is 1. The van der Waals surface area contributed by atoms with Gasteiger partial charge in [0.25, 0.3) is 0 Å². The molecule has 0 aliphatic carbocycles. The Morgan fingerprint density at radius 3 is 2.38 bits per heavy atom. The summed E-state index contributed by atoms with van der Waals surface area (Å²) in [7, 11) is 1.68. The smallest absolute Gasteiger partial charge is 0.195 e. The monoisotopic (exact) mass is 646 g/mol. The topological polar surface area (TPSA) is 51.2 Å². The summed E-state index contributed by atoms with van der Waals surface area (Å²) in [5.41, 5.74) is 5.93. The van der Waals surface area contributed by atoms with E-state index in [4.69, 9.17) is 14.2 Å². The lowest BCUT2D eigenvalue weighted by atomic mass is 9.96. The molecular formula is C40H42N2O4S. The number of ether oxygens (including phenoxy) is 3. The standard InChI is InChI=1S/C40H42N2O4S/c1-44-36-25-32(13-14-33(36)27-42-21-23-45-24-22-42)39(43)38-35-16-15-34(46-28-30-7-3-2-4-8-30)26-37(35)47-40(38)31-11-9-29(10-12-31)17-20-41-18-5-6-19-41/h2-4,7-16,25-26H,5-6,17-24,27-28H2,1H3. The normalized spacial score (nSPS) is 15.7. The number of thiophene rings is 1. The molecule has 0 N–H and O–H groups in total. The van der Waals surface area contributed by atoms with Gasteiger partial charge in [0.1, 0.15) is 18.1 Å². The van der Waals surface area contributed by atoms with Crippen molar-refractivity contribution in [2.75, 3.05) is 53.0 Å². The molecule has 2 fully saturated rings. The van der Waals surface area contributed by atoms with E-state index in [0.29, 0.717) is 12.2 Å². The second kappa shape index (κ2) is 14.8. The Kier molecular flexibility index (Phi) is 9.96. The number of fused-ring (bicyclic) bond motifs is 1. The fraction of sp³-hybridized carbons (Fsp3) is 0.325. The van der Waals surface area contributed by atoms with Gasteiger partial charge in [-0.25, -0.2) is 0 Å². The maximum absolute atomic E-state index is 14.5. The molecule has 0 saturated carbocycles. The highest BCUT2D eigenvalue weighted by Gasteiger charge is 2.24. The first-order valence-electron chi connectivity index (χ1n) is 16.7. The van der Waals surface area contributed by atoms with Crippen molar-refractivity contribution >= 4 is 27.2 Å². The molecule has 0 unspecified atom stereocenters. The first-order valence-corrected chi connectivity index (χ1v) is 17.5. The predicted molar refractivity (Wildman–Crippen MR) is 190 cm³/mol. The zero-order valence-electron chi connectivity index (χ0n) is 27.1. The molecule has 5 aromatic rings. The molecule has 7 rings (SSSR count). The minimum atomic E-state index is -0.00136. The van der Waals surface area contributed by atoms with Crippen molar-refractivity contribution in [2.24, 2.45) is 0 Å². The van der Waals surface area contributed by atoms with Gasteiger partial charge in [-0.3, -0.25) is 9.69 Å². The molecule has 0 atom stereocenters. The molecule has 0 amide bonds. The molecule has 7 heteroatoms. The first-order chi connectivity index (χ1) is 23.1. The summed E-state index contributed by atoms with van der Waals surface area (Å²) in [6.45, 7) is 8.04. The second-order valence-electron chi connectivity index (χ2n) is 12.5. The van der Waals surface area contributed by atoms with Gasteiger partial charge >= 0.3 is 0 Å². The fourth-order valence-corrected chi connectivity index (χ4v) is 7.85. The molecule has 242 valence electrons. The largest absolute Gasteiger partial charge is 0.496 e. The highest BCUT2D eigenvalue weighted by Crippen LogP contribution is 2.42. The number of likely N-dealkylation sites (tertiary alicyclic amines) is 1. The van der Waals surface area contributed by atoms with Crippen LogP contribution in [0.4, 0.5) is 0 Å². The lowest BCUT2D eigenvalue weighted by Gasteiger charge is -2.27. The molecule has 6 nitrogen and oxygen atoms in total. The van der Waals surface area contributed by atoms with Gasteiger partial charge in [-0.15, -0.1) is 11.3 Å². The van der Waals surface area contributed by atoms with Gasteiger partial charge in [-0.2, -0.15) is 0 Å². The van der Waals surface area contributed by atoms with E-state index < -0.39 is 0 Å². The Bertz CT molecular complexity index is 1810. The van der Waals surface area contributed by atoms with E-state index in [1.807, 2.05) is 48.5 Å². The van der Waals surface area contributed by atoms with Crippen molar-refractivity contribution in [1.82, 2.24) is 9.80 Å². The molecule has 2 saturated heterocycles. The Hall–Kier alpha value is -4.01. The van der Waals surface area contributed by atoms with Crippen LogP contribution in [0.2, 0.25) is 0 Å². The summed E-state index contributed by atoms with van der Waals surface area (Å²) in [4.78, 5) is 20.4. The van der Waals surface area contributed by atoms with Crippen LogP contribution in [0.15, 0.2) is 91.0 Å². The highest BCUT2D eigenvalue weighted by molar-refractivity contribution is 7.22. The minimum Gasteiger partial charge on any atom is -0.496 e. The number of benzene rings is 4. The number of carbonyl (C=O) groups excluding carboxylic acids is 1. The van der Waals surface area contributed by atoms with Gasteiger partial charge in [0.2, 0.25) is 0 Å². The van der Waals surface area contributed by atoms with Gasteiger partial charge < -0.3 is 19.1 Å². The number of methoxy groups -OCH3 is 1. The molecule has 47 heavy (non-hydrogen) atoms. The number of hydrogen-bond donors (Lipinski definition) is 0. The molecule has 2 aliphatic heterocycles. The Morgan fingerprint density at radius 1 is 0.830 bits per heavy atom. The van der Waals surface area contributed by atoms with Crippen LogP contribution in [-0.2, 0) is 24.3 Å². The molecule has 0 bridgehead atoms. The summed E-state index contributed by atoms with van der Waals surface area (Å²) < 4.78 is 18.6. The van der Waals surface area contributed by atoms with Crippen molar-refractivity contribution in [3.05, 3.63) is 119 Å². The van der Waals surface area contributed by atoms with E-state index in [0.717, 1.165) is 94.5 Å². The summed E-state index contributed by atoms with van der Waals surface area (Å²) in [5, 5.41) is 0.941. The molecule has 1 aromatic heterocycles. The number of hydrogen-bond acceptors (Lipinski definition) is 7. The van der Waals surface area contributed by atoms with E-state index in [1.54, 1.807) is 18.4 Å². The molecule has 2 aliphatic rings. The van der Waals surface area contributed by atoms with Crippen LogP contribution in [0, 0.1) is 0 Å². The quantitative estimate of drug-likeness (QED) is 0.129. The lowest BCUT2D eigenvalue weighted by Crippen LogP contribution is -2.35. The van der Waals surface area contributed by atoms with Gasteiger partial charge in [0, 0.05) is 57.8 Å². The zero-order chi connectivity index (χ0) is 32.0. The summed E-state index contributed by atoms with van der Waals surface area (Å²) >= 11 is 1.65. The number of nitrogens with zero attached hydrogens (tertiary/aromatic N) is 2. The van der Waals surface area contributed by atoms with Crippen molar-refractivity contribution < 1.29 is 19.0 Å². The van der Waals surface area contributed by atoms with E-state index in [-0.39, 0.29) is 5.78 Å². The third-order valence-corrected chi connectivity index (χ3v) is 10.5. The summed E-state index contributed by atoms with van der Waals surface area (Å²) in [6, 6.07) is 31.0. The van der Waals surface area contributed by atoms with Crippen molar-refractivity contribution in [3.8, 4) is 21.9 Å². The van der Waals surface area contributed by atoms with Crippen LogP contribution in [0.25, 0.3) is 20.5 Å². The van der Waals surface area contributed by atoms with E-state index in [2.05, 4.69) is 52.3 Å². The minimum absolute atomic E-state index is 0.00136. The van der Waals surface area contributed by atoms with Crippen LogP contribution in [0.1, 0.15) is 45.5 Å². The zero-order valence-corrected chi connectivity index (χ0v) is 27.9. The Balaban J connectivity index is 1.20. The van der Waals surface area contributed by atoms with Crippen LogP contribution in [0.3, 0.4) is 0 Å². The fourth-order valence-electron chi connectivity index (χ4n) is 6.61. The lowest BCUT2D eigenvalue weighted by molar-refractivity contribution is 0.0339. The molecular weight excluding hydrogens is 605 g/mol. The highest BCUT2D eigenvalue weighted by atomic mass is 32.1. The van der Waals surface area contributed by atoms with Gasteiger partial charge in [-0.1, -0.05) is 66.7 Å². The number of rotatable bonds is 12. The van der Waals surface area contributed by atoms with Gasteiger partial charge in [0.05, 0.1) is 20.3 Å². The van der Waals surface area contributed by atoms with E-state index >= 15 is 0 Å². The van der Waals surface area contributed by atoms with Crippen molar-refractivity contribution in [2.45, 2.75) is 32.4 Å². The Labute approximate surface area is 281 Å². The molecule has 0 radical (unpaired) electrons. The van der Waals surface area contributed by atoms with Crippen molar-refractivity contribution in [1.29, 1.82) is 0 Å². The third kappa shape index (κ3) is 7.44. The third-order valence-electron chi connectivity index (χ3n) is 9.32. The van der Waals surface area contributed by atoms with Crippen LogP contribution in [0.5, 0.6) is 11.5 Å². The average molecular weight is 647 g/mol. The Morgan fingerprint density at radius 2 is 1.62 bits per heavy atom. The number of carbonyl (C=O) groups is 1. The maximum atomic E-state index is 14.5. The van der Waals surface area contributed by atoms with Gasteiger partial charge in [0.15, 0.2) is 5.78 Å². The van der Waals surface area contributed by atoms with Crippen molar-refractivity contribution in [3.63, 3.8) is 0 Å². The number of morpholine rings is 1.